The molecule has 21 heavy (non-hydrogen) atoms. The lowest BCUT2D eigenvalue weighted by atomic mass is 10.1. The molecule has 0 amide bonds. The summed E-state index contributed by atoms with van der Waals surface area (Å²) in [7, 11) is 0. The summed E-state index contributed by atoms with van der Waals surface area (Å²) in [6, 6.07) is 9.45. The molecule has 1 aliphatic rings. The highest BCUT2D eigenvalue weighted by atomic mass is 32.1. The molecule has 110 valence electrons. The SMILES string of the molecule is CCC1CCN(c2nc(CC(=O)c3ccccc3)cs2)C1. The topological polar surface area (TPSA) is 33.2 Å². The summed E-state index contributed by atoms with van der Waals surface area (Å²) in [4.78, 5) is 19.2. The van der Waals surface area contributed by atoms with Crippen LogP contribution in [0.4, 0.5) is 5.13 Å². The lowest BCUT2D eigenvalue weighted by Crippen LogP contribution is -2.19. The van der Waals surface area contributed by atoms with Gasteiger partial charge in [-0.15, -0.1) is 11.3 Å². The Bertz CT molecular complexity index is 608. The lowest BCUT2D eigenvalue weighted by Gasteiger charge is -2.14. The van der Waals surface area contributed by atoms with Gasteiger partial charge in [0.1, 0.15) is 0 Å². The van der Waals surface area contributed by atoms with Crippen LogP contribution in [0, 0.1) is 5.92 Å². The third-order valence-electron chi connectivity index (χ3n) is 4.11. The van der Waals surface area contributed by atoms with Crippen LogP contribution in [0.1, 0.15) is 35.8 Å². The third kappa shape index (κ3) is 3.32. The number of benzene rings is 1. The average molecular weight is 300 g/mol. The fraction of sp³-hybridized carbons (Fsp3) is 0.412. The number of carbonyl (C=O) groups is 1. The van der Waals surface area contributed by atoms with Crippen LogP contribution in [0.5, 0.6) is 0 Å². The first kappa shape index (κ1) is 14.3. The fourth-order valence-electron chi connectivity index (χ4n) is 2.75. The molecule has 0 spiro atoms. The van der Waals surface area contributed by atoms with E-state index in [1.54, 1.807) is 11.3 Å². The van der Waals surface area contributed by atoms with Crippen molar-refractivity contribution in [3.05, 3.63) is 47.0 Å². The van der Waals surface area contributed by atoms with Crippen molar-refractivity contribution in [2.24, 2.45) is 5.92 Å². The maximum Gasteiger partial charge on any atom is 0.185 e. The third-order valence-corrected chi connectivity index (χ3v) is 5.06. The Balaban J connectivity index is 1.64. The summed E-state index contributed by atoms with van der Waals surface area (Å²) in [5.41, 5.74) is 1.66. The monoisotopic (exact) mass is 300 g/mol. The predicted molar refractivity (Wildman–Crippen MR) is 87.2 cm³/mol. The van der Waals surface area contributed by atoms with E-state index >= 15 is 0 Å². The minimum atomic E-state index is 0.139. The molecular formula is C17H20N2OS. The zero-order valence-corrected chi connectivity index (χ0v) is 13.1. The van der Waals surface area contributed by atoms with Gasteiger partial charge in [0.2, 0.25) is 0 Å². The quantitative estimate of drug-likeness (QED) is 0.787. The second-order valence-corrected chi connectivity index (χ2v) is 6.43. The van der Waals surface area contributed by atoms with Crippen molar-refractivity contribution in [3.8, 4) is 0 Å². The standard InChI is InChI=1S/C17H20N2OS/c1-2-13-8-9-19(11-13)17-18-15(12-21-17)10-16(20)14-6-4-3-5-7-14/h3-7,12-13H,2,8-11H2,1H3. The maximum absolute atomic E-state index is 12.2. The van der Waals surface area contributed by atoms with Gasteiger partial charge < -0.3 is 4.90 Å². The molecule has 1 unspecified atom stereocenters. The van der Waals surface area contributed by atoms with Gasteiger partial charge >= 0.3 is 0 Å². The lowest BCUT2D eigenvalue weighted by molar-refractivity contribution is 0.0992. The molecule has 1 fully saturated rings. The Morgan fingerprint density at radius 2 is 2.19 bits per heavy atom. The first-order valence-electron chi connectivity index (χ1n) is 7.54. The van der Waals surface area contributed by atoms with E-state index in [2.05, 4.69) is 16.8 Å². The highest BCUT2D eigenvalue weighted by molar-refractivity contribution is 7.13. The molecule has 0 N–H and O–H groups in total. The second-order valence-electron chi connectivity index (χ2n) is 5.60. The average Bonchev–Trinajstić information content (AvgIpc) is 3.16. The van der Waals surface area contributed by atoms with E-state index in [4.69, 9.17) is 0 Å². The number of nitrogens with zero attached hydrogens (tertiary/aromatic N) is 2. The Morgan fingerprint density at radius 1 is 1.38 bits per heavy atom. The number of anilines is 1. The van der Waals surface area contributed by atoms with Gasteiger partial charge in [-0.05, 0) is 12.3 Å². The highest BCUT2D eigenvalue weighted by Crippen LogP contribution is 2.28. The summed E-state index contributed by atoms with van der Waals surface area (Å²) in [6.45, 7) is 4.45. The van der Waals surface area contributed by atoms with Gasteiger partial charge in [0.05, 0.1) is 12.1 Å². The highest BCUT2D eigenvalue weighted by Gasteiger charge is 2.23. The number of Topliss-reactive ketones (excluding diaryl/α,β-unsaturated/α-hetero) is 1. The van der Waals surface area contributed by atoms with E-state index in [0.717, 1.165) is 35.4 Å². The van der Waals surface area contributed by atoms with Crippen LogP contribution in [0.2, 0.25) is 0 Å². The minimum Gasteiger partial charge on any atom is -0.348 e. The van der Waals surface area contributed by atoms with Crippen LogP contribution in [0.3, 0.4) is 0 Å². The van der Waals surface area contributed by atoms with Gasteiger partial charge in [-0.25, -0.2) is 4.98 Å². The molecule has 2 heterocycles. The molecule has 0 aliphatic carbocycles. The Kier molecular flexibility index (Phi) is 4.34. The molecule has 1 aliphatic heterocycles. The van der Waals surface area contributed by atoms with Crippen LogP contribution >= 0.6 is 11.3 Å². The summed E-state index contributed by atoms with van der Waals surface area (Å²) in [5.74, 6) is 0.934. The molecular weight excluding hydrogens is 280 g/mol. The first-order chi connectivity index (χ1) is 10.3. The number of hydrogen-bond acceptors (Lipinski definition) is 4. The maximum atomic E-state index is 12.2. The normalized spacial score (nSPS) is 18.1. The van der Waals surface area contributed by atoms with Gasteiger partial charge in [-0.1, -0.05) is 43.7 Å². The first-order valence-corrected chi connectivity index (χ1v) is 8.42. The van der Waals surface area contributed by atoms with Gasteiger partial charge in [-0.2, -0.15) is 0 Å². The van der Waals surface area contributed by atoms with Crippen LogP contribution in [-0.4, -0.2) is 23.9 Å². The zero-order valence-electron chi connectivity index (χ0n) is 12.3. The van der Waals surface area contributed by atoms with Crippen molar-refractivity contribution < 1.29 is 4.79 Å². The Morgan fingerprint density at radius 3 is 2.90 bits per heavy atom. The van der Waals surface area contributed by atoms with E-state index in [9.17, 15) is 4.79 Å². The zero-order chi connectivity index (χ0) is 14.7. The van der Waals surface area contributed by atoms with Crippen molar-refractivity contribution in [3.63, 3.8) is 0 Å². The summed E-state index contributed by atoms with van der Waals surface area (Å²) in [6.07, 6.45) is 2.89. The fourth-order valence-corrected chi connectivity index (χ4v) is 3.62. The number of carbonyl (C=O) groups excluding carboxylic acids is 1. The van der Waals surface area contributed by atoms with Crippen LogP contribution in [0.25, 0.3) is 0 Å². The molecule has 1 atom stereocenters. The van der Waals surface area contributed by atoms with Crippen molar-refractivity contribution in [1.82, 2.24) is 4.98 Å². The van der Waals surface area contributed by atoms with Crippen molar-refractivity contribution in [1.29, 1.82) is 0 Å². The van der Waals surface area contributed by atoms with Crippen LogP contribution < -0.4 is 4.90 Å². The molecule has 4 heteroatoms. The van der Waals surface area contributed by atoms with E-state index in [1.165, 1.54) is 12.8 Å². The molecule has 0 bridgehead atoms. The summed E-state index contributed by atoms with van der Waals surface area (Å²) in [5, 5.41) is 3.09. The molecule has 1 saturated heterocycles. The van der Waals surface area contributed by atoms with Crippen molar-refractivity contribution >= 4 is 22.3 Å². The van der Waals surface area contributed by atoms with E-state index in [0.29, 0.717) is 6.42 Å². The van der Waals surface area contributed by atoms with E-state index in [-0.39, 0.29) is 5.78 Å². The smallest absolute Gasteiger partial charge is 0.185 e. The van der Waals surface area contributed by atoms with Gasteiger partial charge in [0, 0.05) is 24.0 Å². The summed E-state index contributed by atoms with van der Waals surface area (Å²) >= 11 is 1.66. The number of aromatic nitrogens is 1. The van der Waals surface area contributed by atoms with Gasteiger partial charge in [0.15, 0.2) is 10.9 Å². The second kappa shape index (κ2) is 6.39. The number of thiazole rings is 1. The molecule has 1 aromatic carbocycles. The van der Waals surface area contributed by atoms with Crippen molar-refractivity contribution in [2.75, 3.05) is 18.0 Å². The Labute approximate surface area is 129 Å². The van der Waals surface area contributed by atoms with Gasteiger partial charge in [0.25, 0.3) is 0 Å². The van der Waals surface area contributed by atoms with E-state index in [1.807, 2.05) is 35.7 Å². The van der Waals surface area contributed by atoms with Crippen molar-refractivity contribution in [2.45, 2.75) is 26.2 Å². The molecule has 3 nitrogen and oxygen atoms in total. The number of rotatable bonds is 5. The molecule has 0 radical (unpaired) electrons. The molecule has 0 saturated carbocycles. The molecule has 3 rings (SSSR count). The van der Waals surface area contributed by atoms with Gasteiger partial charge in [-0.3, -0.25) is 4.79 Å². The van der Waals surface area contributed by atoms with Crippen LogP contribution in [0.15, 0.2) is 35.7 Å². The number of hydrogen-bond donors (Lipinski definition) is 0. The number of ketones is 1. The predicted octanol–water partition coefficient (Wildman–Crippen LogP) is 3.80. The van der Waals surface area contributed by atoms with Crippen LogP contribution in [-0.2, 0) is 6.42 Å². The largest absolute Gasteiger partial charge is 0.348 e. The Hall–Kier alpha value is -1.68. The minimum absolute atomic E-state index is 0.139. The molecule has 2 aromatic rings. The molecule has 1 aromatic heterocycles. The summed E-state index contributed by atoms with van der Waals surface area (Å²) < 4.78 is 0. The van der Waals surface area contributed by atoms with E-state index < -0.39 is 0 Å².